The zero-order valence-electron chi connectivity index (χ0n) is 14.9. The lowest BCUT2D eigenvalue weighted by atomic mass is 9.89. The van der Waals surface area contributed by atoms with Crippen molar-refractivity contribution in [2.45, 2.75) is 5.92 Å². The molecule has 1 amide bonds. The lowest BCUT2D eigenvalue weighted by Gasteiger charge is -2.16. The van der Waals surface area contributed by atoms with Crippen LogP contribution in [0.4, 0.5) is 5.69 Å². The Morgan fingerprint density at radius 1 is 1.15 bits per heavy atom. The largest absolute Gasteiger partial charge is 0.497 e. The van der Waals surface area contributed by atoms with Crippen LogP contribution in [0.1, 0.15) is 11.5 Å². The average Bonchev–Trinajstić information content (AvgIpc) is 3.05. The minimum atomic E-state index is -0.00495. The van der Waals surface area contributed by atoms with Crippen molar-refractivity contribution in [3.63, 3.8) is 0 Å². The molecule has 0 unspecified atom stereocenters. The Hall–Kier alpha value is -2.08. The molecule has 1 heterocycles. The first-order valence-corrected chi connectivity index (χ1v) is 8.61. The maximum absolute atomic E-state index is 12.3. The zero-order chi connectivity index (χ0) is 17.6. The number of nitrogens with two attached hydrogens (primary N) is 1. The number of rotatable bonds is 6. The molecule has 0 saturated carbocycles. The molecule has 0 bridgehead atoms. The summed E-state index contributed by atoms with van der Waals surface area (Å²) in [5.74, 6) is 1.54. The van der Waals surface area contributed by atoms with E-state index < -0.39 is 0 Å². The first-order chi connectivity index (χ1) is 12.2. The van der Waals surface area contributed by atoms with Crippen LogP contribution in [-0.2, 0) is 4.79 Å². The molecule has 5 nitrogen and oxygen atoms in total. The standard InChI is InChI=1S/C20H25N3O2.ClH/c1-25-18-9-7-17(8-10-18)22-20(24)14-23-12-16(11-21)19(13-23)15-5-3-2-4-6-15;/h2-10,16,19H,11-14,21H2,1H3,(H,22,24);1H/t16-,19+;/m1./s1. The van der Waals surface area contributed by atoms with Crippen LogP contribution in [-0.4, -0.2) is 44.1 Å². The van der Waals surface area contributed by atoms with Crippen LogP contribution in [0.5, 0.6) is 5.75 Å². The Morgan fingerprint density at radius 2 is 1.85 bits per heavy atom. The van der Waals surface area contributed by atoms with Gasteiger partial charge >= 0.3 is 0 Å². The van der Waals surface area contributed by atoms with Gasteiger partial charge in [0.15, 0.2) is 0 Å². The van der Waals surface area contributed by atoms with Crippen LogP contribution in [0, 0.1) is 5.92 Å². The molecule has 0 aliphatic carbocycles. The number of nitrogens with zero attached hydrogens (tertiary/aromatic N) is 1. The first-order valence-electron chi connectivity index (χ1n) is 8.61. The van der Waals surface area contributed by atoms with Crippen LogP contribution in [0.15, 0.2) is 54.6 Å². The van der Waals surface area contributed by atoms with E-state index in [1.54, 1.807) is 7.11 Å². The van der Waals surface area contributed by atoms with Crippen molar-refractivity contribution in [3.05, 3.63) is 60.2 Å². The van der Waals surface area contributed by atoms with Gasteiger partial charge in [0.05, 0.1) is 13.7 Å². The number of hydrogen-bond donors (Lipinski definition) is 2. The predicted molar refractivity (Wildman–Crippen MR) is 107 cm³/mol. The van der Waals surface area contributed by atoms with Crippen molar-refractivity contribution in [3.8, 4) is 5.75 Å². The van der Waals surface area contributed by atoms with E-state index in [4.69, 9.17) is 10.5 Å². The number of carbonyl (C=O) groups is 1. The van der Waals surface area contributed by atoms with E-state index in [0.29, 0.717) is 24.9 Å². The van der Waals surface area contributed by atoms with Crippen LogP contribution in [0.25, 0.3) is 0 Å². The normalized spacial score (nSPS) is 19.6. The summed E-state index contributed by atoms with van der Waals surface area (Å²) >= 11 is 0. The Morgan fingerprint density at radius 3 is 2.46 bits per heavy atom. The molecule has 2 atom stereocenters. The molecule has 26 heavy (non-hydrogen) atoms. The number of likely N-dealkylation sites (tertiary alicyclic amines) is 1. The van der Waals surface area contributed by atoms with Crippen LogP contribution in [0.2, 0.25) is 0 Å². The molecule has 2 aromatic carbocycles. The Balaban J connectivity index is 0.00000243. The number of methoxy groups -OCH3 is 1. The Bertz CT molecular complexity index is 694. The molecular weight excluding hydrogens is 350 g/mol. The Kier molecular flexibility index (Phi) is 7.45. The van der Waals surface area contributed by atoms with Gasteiger partial charge in [-0.2, -0.15) is 0 Å². The van der Waals surface area contributed by atoms with Gasteiger partial charge in [0, 0.05) is 24.7 Å². The minimum Gasteiger partial charge on any atom is -0.497 e. The smallest absolute Gasteiger partial charge is 0.238 e. The van der Waals surface area contributed by atoms with Crippen LogP contribution < -0.4 is 15.8 Å². The summed E-state index contributed by atoms with van der Waals surface area (Å²) in [5.41, 5.74) is 8.05. The second kappa shape index (κ2) is 9.57. The second-order valence-electron chi connectivity index (χ2n) is 6.48. The molecular formula is C20H26ClN3O2. The molecule has 0 radical (unpaired) electrons. The molecule has 1 aliphatic heterocycles. The summed E-state index contributed by atoms with van der Waals surface area (Å²) in [5, 5.41) is 2.94. The fourth-order valence-corrected chi connectivity index (χ4v) is 3.48. The van der Waals surface area contributed by atoms with Crippen molar-refractivity contribution < 1.29 is 9.53 Å². The van der Waals surface area contributed by atoms with E-state index >= 15 is 0 Å². The van der Waals surface area contributed by atoms with Gasteiger partial charge in [0.2, 0.25) is 5.91 Å². The van der Waals surface area contributed by atoms with E-state index in [0.717, 1.165) is 24.5 Å². The van der Waals surface area contributed by atoms with Gasteiger partial charge in [-0.25, -0.2) is 0 Å². The highest BCUT2D eigenvalue weighted by Gasteiger charge is 2.33. The molecule has 3 rings (SSSR count). The topological polar surface area (TPSA) is 67.6 Å². The molecule has 140 valence electrons. The fourth-order valence-electron chi connectivity index (χ4n) is 3.48. The summed E-state index contributed by atoms with van der Waals surface area (Å²) in [6.45, 7) is 2.73. The molecule has 0 spiro atoms. The van der Waals surface area contributed by atoms with E-state index in [1.807, 2.05) is 30.3 Å². The summed E-state index contributed by atoms with van der Waals surface area (Å²) in [4.78, 5) is 14.5. The molecule has 1 aliphatic rings. The number of carbonyl (C=O) groups excluding carboxylic acids is 1. The third-order valence-electron chi connectivity index (χ3n) is 4.79. The third kappa shape index (κ3) is 4.97. The molecule has 1 fully saturated rings. The average molecular weight is 376 g/mol. The number of amides is 1. The zero-order valence-corrected chi connectivity index (χ0v) is 15.7. The second-order valence-corrected chi connectivity index (χ2v) is 6.48. The number of benzene rings is 2. The van der Waals surface area contributed by atoms with Gasteiger partial charge in [0.25, 0.3) is 0 Å². The Labute approximate surface area is 160 Å². The summed E-state index contributed by atoms with van der Waals surface area (Å²) < 4.78 is 5.13. The first kappa shape index (κ1) is 20.2. The SMILES string of the molecule is COc1ccc(NC(=O)CN2C[C@@H](CN)[C@H](c3ccccc3)C2)cc1.Cl. The number of anilines is 1. The van der Waals surface area contributed by atoms with Crippen LogP contribution >= 0.6 is 12.4 Å². The molecule has 6 heteroatoms. The van der Waals surface area contributed by atoms with Crippen LogP contribution in [0.3, 0.4) is 0 Å². The monoisotopic (exact) mass is 375 g/mol. The van der Waals surface area contributed by atoms with Gasteiger partial charge in [0.1, 0.15) is 5.75 Å². The van der Waals surface area contributed by atoms with Gasteiger partial charge < -0.3 is 15.8 Å². The van der Waals surface area contributed by atoms with Crippen molar-refractivity contribution in [1.82, 2.24) is 4.90 Å². The third-order valence-corrected chi connectivity index (χ3v) is 4.79. The maximum atomic E-state index is 12.3. The fraction of sp³-hybridized carbons (Fsp3) is 0.350. The predicted octanol–water partition coefficient (Wildman–Crippen LogP) is 2.73. The van der Waals surface area contributed by atoms with Crippen molar-refractivity contribution >= 4 is 24.0 Å². The highest BCUT2D eigenvalue weighted by molar-refractivity contribution is 5.92. The lowest BCUT2D eigenvalue weighted by molar-refractivity contribution is -0.117. The van der Waals surface area contributed by atoms with Gasteiger partial charge in [-0.05, 0) is 42.3 Å². The molecule has 2 aromatic rings. The summed E-state index contributed by atoms with van der Waals surface area (Å²) in [6, 6.07) is 17.8. The number of halogens is 1. The minimum absolute atomic E-state index is 0. The number of hydrogen-bond acceptors (Lipinski definition) is 4. The molecule has 3 N–H and O–H groups in total. The summed E-state index contributed by atoms with van der Waals surface area (Å²) in [7, 11) is 1.62. The van der Waals surface area contributed by atoms with Gasteiger partial charge in [-0.1, -0.05) is 30.3 Å². The van der Waals surface area contributed by atoms with Crippen molar-refractivity contribution in [2.75, 3.05) is 38.6 Å². The highest BCUT2D eigenvalue weighted by Crippen LogP contribution is 2.31. The van der Waals surface area contributed by atoms with E-state index in [2.05, 4.69) is 34.5 Å². The maximum Gasteiger partial charge on any atom is 0.238 e. The van der Waals surface area contributed by atoms with E-state index in [9.17, 15) is 4.79 Å². The lowest BCUT2D eigenvalue weighted by Crippen LogP contribution is -2.32. The van der Waals surface area contributed by atoms with Gasteiger partial charge in [-0.15, -0.1) is 12.4 Å². The quantitative estimate of drug-likeness (QED) is 0.814. The van der Waals surface area contributed by atoms with E-state index in [1.165, 1.54) is 5.56 Å². The summed E-state index contributed by atoms with van der Waals surface area (Å²) in [6.07, 6.45) is 0. The number of nitrogens with one attached hydrogen (secondary N) is 1. The number of ether oxygens (including phenoxy) is 1. The molecule has 1 saturated heterocycles. The highest BCUT2D eigenvalue weighted by atomic mass is 35.5. The van der Waals surface area contributed by atoms with Gasteiger partial charge in [-0.3, -0.25) is 9.69 Å². The molecule has 0 aromatic heterocycles. The van der Waals surface area contributed by atoms with Crippen molar-refractivity contribution in [1.29, 1.82) is 0 Å². The van der Waals surface area contributed by atoms with E-state index in [-0.39, 0.29) is 18.3 Å². The van der Waals surface area contributed by atoms with Crippen molar-refractivity contribution in [2.24, 2.45) is 11.7 Å².